The fourth-order valence-corrected chi connectivity index (χ4v) is 2.66. The van der Waals surface area contributed by atoms with E-state index in [2.05, 4.69) is 4.37 Å². The Labute approximate surface area is 128 Å². The molecule has 1 heterocycles. The van der Waals surface area contributed by atoms with Crippen molar-refractivity contribution in [1.29, 1.82) is 0 Å². The van der Waals surface area contributed by atoms with Crippen LogP contribution in [0.25, 0.3) is 0 Å². The van der Waals surface area contributed by atoms with Crippen molar-refractivity contribution in [2.24, 2.45) is 0 Å². The van der Waals surface area contributed by atoms with Crippen molar-refractivity contribution in [2.45, 2.75) is 20.8 Å². The molecule has 0 atom stereocenters. The Morgan fingerprint density at radius 2 is 1.90 bits per heavy atom. The number of hydrogen-bond acceptors (Lipinski definition) is 7. The van der Waals surface area contributed by atoms with Crippen molar-refractivity contribution in [3.63, 3.8) is 0 Å². The van der Waals surface area contributed by atoms with Crippen LogP contribution in [-0.4, -0.2) is 54.4 Å². The van der Waals surface area contributed by atoms with Crippen LogP contribution in [0.15, 0.2) is 0 Å². The molecule has 0 aliphatic rings. The molecule has 0 aromatic carbocycles. The number of nitrogen functional groups attached to an aromatic ring is 1. The second kappa shape index (κ2) is 7.82. The SMILES string of the molecule is CCOC(=O)c1c(N)nsc1N(C)CC(=O)N(CC)CC. The van der Waals surface area contributed by atoms with Gasteiger partial charge in [-0.15, -0.1) is 0 Å². The highest BCUT2D eigenvalue weighted by Crippen LogP contribution is 2.30. The summed E-state index contributed by atoms with van der Waals surface area (Å²) in [6, 6.07) is 0. The van der Waals surface area contributed by atoms with Crippen LogP contribution in [0.3, 0.4) is 0 Å². The van der Waals surface area contributed by atoms with Gasteiger partial charge in [-0.05, 0) is 32.3 Å². The topological polar surface area (TPSA) is 88.8 Å². The van der Waals surface area contributed by atoms with Crippen molar-refractivity contribution in [3.05, 3.63) is 5.56 Å². The Morgan fingerprint density at radius 1 is 1.29 bits per heavy atom. The quantitative estimate of drug-likeness (QED) is 0.761. The van der Waals surface area contributed by atoms with Crippen molar-refractivity contribution in [2.75, 3.05) is 43.9 Å². The maximum absolute atomic E-state index is 12.1. The Kier molecular flexibility index (Phi) is 6.41. The summed E-state index contributed by atoms with van der Waals surface area (Å²) >= 11 is 1.09. The summed E-state index contributed by atoms with van der Waals surface area (Å²) in [4.78, 5) is 27.5. The molecule has 118 valence electrons. The predicted molar refractivity (Wildman–Crippen MR) is 83.7 cm³/mol. The number of anilines is 2. The predicted octanol–water partition coefficient (Wildman–Crippen LogP) is 1.21. The maximum atomic E-state index is 12.1. The van der Waals surface area contributed by atoms with Crippen LogP contribution >= 0.6 is 11.5 Å². The highest BCUT2D eigenvalue weighted by molar-refractivity contribution is 7.11. The van der Waals surface area contributed by atoms with Crippen LogP contribution in [0.1, 0.15) is 31.1 Å². The Balaban J connectivity index is 2.90. The minimum atomic E-state index is -0.513. The number of amides is 1. The fourth-order valence-electron chi connectivity index (χ4n) is 1.90. The third-order valence-electron chi connectivity index (χ3n) is 3.02. The minimum Gasteiger partial charge on any atom is -0.462 e. The zero-order chi connectivity index (χ0) is 16.0. The first-order chi connectivity index (χ1) is 9.96. The van der Waals surface area contributed by atoms with Crippen LogP contribution in [0.5, 0.6) is 0 Å². The first-order valence-electron chi connectivity index (χ1n) is 6.87. The lowest BCUT2D eigenvalue weighted by Crippen LogP contribution is -2.39. The van der Waals surface area contributed by atoms with Crippen LogP contribution in [0.4, 0.5) is 10.8 Å². The van der Waals surface area contributed by atoms with Gasteiger partial charge in [0.05, 0.1) is 13.2 Å². The Hall–Kier alpha value is -1.83. The number of nitrogens with zero attached hydrogens (tertiary/aromatic N) is 3. The van der Waals surface area contributed by atoms with Gasteiger partial charge in [0.1, 0.15) is 10.6 Å². The van der Waals surface area contributed by atoms with Gasteiger partial charge in [0.15, 0.2) is 5.82 Å². The first-order valence-corrected chi connectivity index (χ1v) is 7.64. The molecule has 1 rings (SSSR count). The van der Waals surface area contributed by atoms with E-state index in [-0.39, 0.29) is 30.4 Å². The van der Waals surface area contributed by atoms with E-state index in [4.69, 9.17) is 10.5 Å². The molecule has 0 bridgehead atoms. The molecule has 1 aromatic rings. The monoisotopic (exact) mass is 314 g/mol. The number of aromatic nitrogens is 1. The minimum absolute atomic E-state index is 0.00993. The van der Waals surface area contributed by atoms with E-state index < -0.39 is 5.97 Å². The molecule has 2 N–H and O–H groups in total. The summed E-state index contributed by atoms with van der Waals surface area (Å²) in [6.07, 6.45) is 0. The second-order valence-corrected chi connectivity index (χ2v) is 5.14. The summed E-state index contributed by atoms with van der Waals surface area (Å²) in [5.74, 6) is -0.388. The van der Waals surface area contributed by atoms with Crippen LogP contribution in [-0.2, 0) is 9.53 Å². The van der Waals surface area contributed by atoms with Gasteiger partial charge in [0.25, 0.3) is 0 Å². The van der Waals surface area contributed by atoms with Gasteiger partial charge in [-0.25, -0.2) is 4.79 Å². The van der Waals surface area contributed by atoms with E-state index >= 15 is 0 Å². The summed E-state index contributed by atoms with van der Waals surface area (Å²) < 4.78 is 8.96. The molecular weight excluding hydrogens is 292 g/mol. The smallest absolute Gasteiger partial charge is 0.345 e. The lowest BCUT2D eigenvalue weighted by atomic mass is 10.3. The molecule has 0 fully saturated rings. The molecule has 0 unspecified atom stereocenters. The molecule has 0 spiro atoms. The first kappa shape index (κ1) is 17.2. The number of rotatable bonds is 7. The summed E-state index contributed by atoms with van der Waals surface area (Å²) in [5.41, 5.74) is 5.96. The molecule has 0 radical (unpaired) electrons. The van der Waals surface area contributed by atoms with Crippen LogP contribution in [0, 0.1) is 0 Å². The second-order valence-electron chi connectivity index (χ2n) is 4.39. The average molecular weight is 314 g/mol. The zero-order valence-corrected chi connectivity index (χ0v) is 13.7. The van der Waals surface area contributed by atoms with E-state index in [1.807, 2.05) is 13.8 Å². The molecule has 7 nitrogen and oxygen atoms in total. The molecule has 0 saturated carbocycles. The molecule has 0 aliphatic carbocycles. The number of likely N-dealkylation sites (N-methyl/N-ethyl adjacent to an activating group) is 2. The number of ether oxygens (including phenoxy) is 1. The van der Waals surface area contributed by atoms with Crippen LogP contribution in [0.2, 0.25) is 0 Å². The molecule has 0 aliphatic heterocycles. The number of nitrogens with two attached hydrogens (primary N) is 1. The van der Waals surface area contributed by atoms with Gasteiger partial charge < -0.3 is 20.3 Å². The highest BCUT2D eigenvalue weighted by Gasteiger charge is 2.24. The zero-order valence-electron chi connectivity index (χ0n) is 12.9. The van der Waals surface area contributed by atoms with E-state index in [9.17, 15) is 9.59 Å². The van der Waals surface area contributed by atoms with E-state index in [1.54, 1.807) is 23.8 Å². The van der Waals surface area contributed by atoms with Gasteiger partial charge >= 0.3 is 5.97 Å². The fraction of sp³-hybridized carbons (Fsp3) is 0.615. The van der Waals surface area contributed by atoms with Gasteiger partial charge in [-0.3, -0.25) is 4.79 Å². The molecule has 1 amide bonds. The number of esters is 1. The lowest BCUT2D eigenvalue weighted by Gasteiger charge is -2.23. The van der Waals surface area contributed by atoms with E-state index in [0.717, 1.165) is 11.5 Å². The highest BCUT2D eigenvalue weighted by atomic mass is 32.1. The molecular formula is C13H22N4O3S. The average Bonchev–Trinajstić information content (AvgIpc) is 2.82. The standard InChI is InChI=1S/C13H22N4O3S/c1-5-17(6-2)9(18)8-16(4)12-10(11(14)15-21-12)13(19)20-7-3/h5-8H2,1-4H3,(H2,14,15). The summed E-state index contributed by atoms with van der Waals surface area (Å²) in [7, 11) is 1.73. The Bertz CT molecular complexity index is 500. The molecule has 1 aromatic heterocycles. The van der Waals surface area contributed by atoms with Crippen molar-refractivity contribution in [1.82, 2.24) is 9.27 Å². The summed E-state index contributed by atoms with van der Waals surface area (Å²) in [5, 5.41) is 0.548. The molecule has 8 heteroatoms. The van der Waals surface area contributed by atoms with E-state index in [1.165, 1.54) is 0 Å². The third kappa shape index (κ3) is 4.07. The molecule has 21 heavy (non-hydrogen) atoms. The van der Waals surface area contributed by atoms with Crippen molar-refractivity contribution < 1.29 is 14.3 Å². The third-order valence-corrected chi connectivity index (χ3v) is 3.99. The van der Waals surface area contributed by atoms with E-state index in [0.29, 0.717) is 18.1 Å². The van der Waals surface area contributed by atoms with Gasteiger partial charge in [0, 0.05) is 20.1 Å². The number of carbonyl (C=O) groups excluding carboxylic acids is 2. The van der Waals surface area contributed by atoms with Gasteiger partial charge in [-0.1, -0.05) is 0 Å². The normalized spacial score (nSPS) is 10.3. The van der Waals surface area contributed by atoms with Crippen LogP contribution < -0.4 is 10.6 Å². The molecule has 0 saturated heterocycles. The lowest BCUT2D eigenvalue weighted by molar-refractivity contribution is -0.129. The number of carbonyl (C=O) groups is 2. The van der Waals surface area contributed by atoms with Gasteiger partial charge in [0.2, 0.25) is 5.91 Å². The summed E-state index contributed by atoms with van der Waals surface area (Å²) in [6.45, 7) is 7.30. The van der Waals surface area contributed by atoms with Crippen molar-refractivity contribution >= 4 is 34.2 Å². The van der Waals surface area contributed by atoms with Gasteiger partial charge in [-0.2, -0.15) is 4.37 Å². The maximum Gasteiger partial charge on any atom is 0.345 e. The largest absolute Gasteiger partial charge is 0.462 e. The number of hydrogen-bond donors (Lipinski definition) is 1. The van der Waals surface area contributed by atoms with Crippen molar-refractivity contribution in [3.8, 4) is 0 Å². The Morgan fingerprint density at radius 3 is 2.43 bits per heavy atom.